The van der Waals surface area contributed by atoms with E-state index in [1.165, 1.54) is 6.92 Å². The van der Waals surface area contributed by atoms with Gasteiger partial charge < -0.3 is 15.2 Å². The molecule has 168 valence electrons. The van der Waals surface area contributed by atoms with Gasteiger partial charge in [-0.3, -0.25) is 14.4 Å². The van der Waals surface area contributed by atoms with E-state index in [-0.39, 0.29) is 29.4 Å². The van der Waals surface area contributed by atoms with Gasteiger partial charge in [0.05, 0.1) is 0 Å². The van der Waals surface area contributed by atoms with Crippen LogP contribution in [0, 0.1) is 11.8 Å². The van der Waals surface area contributed by atoms with Crippen molar-refractivity contribution in [1.82, 2.24) is 14.9 Å². The molecule has 1 aliphatic carbocycles. The van der Waals surface area contributed by atoms with Crippen LogP contribution in [0.1, 0.15) is 53.0 Å². The Kier molecular flexibility index (Phi) is 5.32. The third-order valence-electron chi connectivity index (χ3n) is 6.40. The maximum Gasteiger partial charge on any atom is 0.254 e. The number of nitrogens with zero attached hydrogens (tertiary/aromatic N) is 2. The molecule has 1 fully saturated rings. The van der Waals surface area contributed by atoms with Crippen molar-refractivity contribution in [3.63, 3.8) is 0 Å². The summed E-state index contributed by atoms with van der Waals surface area (Å²) in [6, 6.07) is 10.8. The van der Waals surface area contributed by atoms with Gasteiger partial charge in [-0.15, -0.1) is 0 Å². The number of ketones is 1. The number of carbonyl (C=O) groups is 3. The van der Waals surface area contributed by atoms with Gasteiger partial charge in [-0.2, -0.15) is 0 Å². The maximum absolute atomic E-state index is 13.1. The Balaban J connectivity index is 1.42. The summed E-state index contributed by atoms with van der Waals surface area (Å²) in [5.74, 6) is 0.615. The molecule has 1 aliphatic heterocycles. The van der Waals surface area contributed by atoms with Crippen molar-refractivity contribution in [1.29, 1.82) is 0 Å². The number of fused-ring (bicyclic) bond motifs is 1. The van der Waals surface area contributed by atoms with Crippen LogP contribution >= 0.6 is 0 Å². The largest absolute Gasteiger partial charge is 0.346 e. The minimum Gasteiger partial charge on any atom is -0.346 e. The standard InChI is InChI=1S/C26H26N4O3/c1-15-14-30(26(33)19-5-3-4-18(12-19)16(2)31)11-9-20(15)22-13-23(29-25(32)17-6-7-17)28-24-21(22)8-10-27-24/h3-5,8-10,12-13,15,17H,6-7,11,14H2,1-2H3,(H2,27,28,29,32). The normalized spacial score (nSPS) is 18.2. The summed E-state index contributed by atoms with van der Waals surface area (Å²) < 4.78 is 0. The predicted molar refractivity (Wildman–Crippen MR) is 127 cm³/mol. The molecule has 1 atom stereocenters. The van der Waals surface area contributed by atoms with E-state index in [0.29, 0.717) is 30.0 Å². The lowest BCUT2D eigenvalue weighted by molar-refractivity contribution is -0.117. The third-order valence-corrected chi connectivity index (χ3v) is 6.40. The number of Topliss-reactive ketones (excluding diaryl/α,β-unsaturated/α-hetero) is 1. The number of aromatic amines is 1. The molecule has 1 aromatic carbocycles. The number of hydrogen-bond donors (Lipinski definition) is 2. The number of H-pyrrole nitrogens is 1. The Morgan fingerprint density at radius 2 is 1.91 bits per heavy atom. The van der Waals surface area contributed by atoms with Gasteiger partial charge in [-0.05, 0) is 61.1 Å². The summed E-state index contributed by atoms with van der Waals surface area (Å²) in [6.45, 7) is 4.63. The van der Waals surface area contributed by atoms with E-state index in [1.807, 2.05) is 18.3 Å². The van der Waals surface area contributed by atoms with E-state index in [9.17, 15) is 14.4 Å². The molecule has 33 heavy (non-hydrogen) atoms. The topological polar surface area (TPSA) is 95.2 Å². The average Bonchev–Trinajstić information content (AvgIpc) is 3.56. The first-order chi connectivity index (χ1) is 15.9. The molecule has 3 heterocycles. The summed E-state index contributed by atoms with van der Waals surface area (Å²) in [6.07, 6.45) is 5.80. The molecule has 5 rings (SSSR count). The zero-order valence-electron chi connectivity index (χ0n) is 18.7. The van der Waals surface area contributed by atoms with Crippen LogP contribution in [0.3, 0.4) is 0 Å². The van der Waals surface area contributed by atoms with E-state index in [4.69, 9.17) is 0 Å². The molecule has 0 radical (unpaired) electrons. The minimum atomic E-state index is -0.0841. The monoisotopic (exact) mass is 442 g/mol. The Morgan fingerprint density at radius 3 is 2.64 bits per heavy atom. The molecule has 2 amide bonds. The van der Waals surface area contributed by atoms with Crippen LogP contribution in [0.25, 0.3) is 16.6 Å². The molecular weight excluding hydrogens is 416 g/mol. The van der Waals surface area contributed by atoms with Gasteiger partial charge >= 0.3 is 0 Å². The quantitative estimate of drug-likeness (QED) is 0.576. The zero-order chi connectivity index (χ0) is 23.1. The second-order valence-corrected chi connectivity index (χ2v) is 8.97. The number of benzene rings is 1. The van der Waals surface area contributed by atoms with Crippen LogP contribution in [-0.2, 0) is 4.79 Å². The molecule has 1 unspecified atom stereocenters. The van der Waals surface area contributed by atoms with Crippen molar-refractivity contribution < 1.29 is 14.4 Å². The first-order valence-corrected chi connectivity index (χ1v) is 11.3. The predicted octanol–water partition coefficient (Wildman–Crippen LogP) is 4.29. The number of hydrogen-bond acceptors (Lipinski definition) is 4. The Labute approximate surface area is 191 Å². The van der Waals surface area contributed by atoms with E-state index < -0.39 is 0 Å². The Morgan fingerprint density at radius 1 is 1.12 bits per heavy atom. The molecule has 7 nitrogen and oxygen atoms in total. The van der Waals surface area contributed by atoms with Crippen LogP contribution in [-0.4, -0.2) is 45.6 Å². The summed E-state index contributed by atoms with van der Waals surface area (Å²) in [7, 11) is 0. The molecule has 0 bridgehead atoms. The number of amides is 2. The van der Waals surface area contributed by atoms with E-state index in [1.54, 1.807) is 29.2 Å². The molecule has 0 saturated heterocycles. The Bertz CT molecular complexity index is 1300. The van der Waals surface area contributed by atoms with Gasteiger partial charge in [0, 0.05) is 41.7 Å². The maximum atomic E-state index is 13.1. The van der Waals surface area contributed by atoms with Crippen LogP contribution in [0.5, 0.6) is 0 Å². The fourth-order valence-corrected chi connectivity index (χ4v) is 4.42. The average molecular weight is 443 g/mol. The van der Waals surface area contributed by atoms with Crippen molar-refractivity contribution in [2.75, 3.05) is 18.4 Å². The zero-order valence-corrected chi connectivity index (χ0v) is 18.7. The number of rotatable bonds is 5. The smallest absolute Gasteiger partial charge is 0.254 e. The molecule has 3 aromatic rings. The van der Waals surface area contributed by atoms with Gasteiger partial charge in [-0.1, -0.05) is 25.1 Å². The number of aromatic nitrogens is 2. The third kappa shape index (κ3) is 4.18. The van der Waals surface area contributed by atoms with Crippen molar-refractivity contribution in [2.24, 2.45) is 11.8 Å². The lowest BCUT2D eigenvalue weighted by atomic mass is 9.89. The molecule has 1 saturated carbocycles. The summed E-state index contributed by atoms with van der Waals surface area (Å²) >= 11 is 0. The van der Waals surface area contributed by atoms with Gasteiger partial charge in [0.15, 0.2) is 5.78 Å². The lowest BCUT2D eigenvalue weighted by Crippen LogP contribution is -2.38. The summed E-state index contributed by atoms with van der Waals surface area (Å²) in [5.41, 5.74) is 3.94. The number of nitrogens with one attached hydrogen (secondary N) is 2. The molecular formula is C26H26N4O3. The van der Waals surface area contributed by atoms with Crippen LogP contribution < -0.4 is 5.32 Å². The minimum absolute atomic E-state index is 0.0228. The van der Waals surface area contributed by atoms with Crippen molar-refractivity contribution in [2.45, 2.75) is 26.7 Å². The lowest BCUT2D eigenvalue weighted by Gasteiger charge is -2.32. The van der Waals surface area contributed by atoms with E-state index >= 15 is 0 Å². The highest BCUT2D eigenvalue weighted by molar-refractivity contribution is 6.01. The highest BCUT2D eigenvalue weighted by atomic mass is 16.2. The van der Waals surface area contributed by atoms with Gasteiger partial charge in [0.2, 0.25) is 5.91 Å². The fraction of sp³-hybridized carbons (Fsp3) is 0.308. The molecule has 2 aliphatic rings. The number of pyridine rings is 1. The SMILES string of the molecule is CC(=O)c1cccc(C(=O)N2CC=C(c3cc(NC(=O)C4CC4)nc4[nH]ccc34)C(C)C2)c1. The highest BCUT2D eigenvalue weighted by Crippen LogP contribution is 2.35. The van der Waals surface area contributed by atoms with Crippen LogP contribution in [0.4, 0.5) is 5.82 Å². The molecule has 0 spiro atoms. The highest BCUT2D eigenvalue weighted by Gasteiger charge is 2.30. The number of carbonyl (C=O) groups excluding carboxylic acids is 3. The van der Waals surface area contributed by atoms with E-state index in [2.05, 4.69) is 28.3 Å². The van der Waals surface area contributed by atoms with Gasteiger partial charge in [0.1, 0.15) is 11.5 Å². The van der Waals surface area contributed by atoms with Crippen LogP contribution in [0.2, 0.25) is 0 Å². The second kappa shape index (κ2) is 8.31. The first kappa shape index (κ1) is 21.1. The van der Waals surface area contributed by atoms with Crippen molar-refractivity contribution in [3.8, 4) is 0 Å². The van der Waals surface area contributed by atoms with Crippen molar-refractivity contribution >= 4 is 40.0 Å². The van der Waals surface area contributed by atoms with Crippen LogP contribution in [0.15, 0.2) is 48.7 Å². The molecule has 2 aromatic heterocycles. The Hall–Kier alpha value is -3.74. The number of anilines is 1. The van der Waals surface area contributed by atoms with E-state index in [0.717, 1.165) is 35.0 Å². The van der Waals surface area contributed by atoms with Gasteiger partial charge in [-0.25, -0.2) is 4.98 Å². The van der Waals surface area contributed by atoms with Gasteiger partial charge in [0.25, 0.3) is 5.91 Å². The fourth-order valence-electron chi connectivity index (χ4n) is 4.42. The second-order valence-electron chi connectivity index (χ2n) is 8.97. The van der Waals surface area contributed by atoms with Crippen molar-refractivity contribution in [3.05, 3.63) is 65.4 Å². The molecule has 2 N–H and O–H groups in total. The molecule has 7 heteroatoms. The summed E-state index contributed by atoms with van der Waals surface area (Å²) in [4.78, 5) is 46.6. The summed E-state index contributed by atoms with van der Waals surface area (Å²) in [5, 5.41) is 3.95. The first-order valence-electron chi connectivity index (χ1n) is 11.3.